The molecule has 1 aromatic heterocycles. The molecule has 1 aromatic rings. The first-order valence-corrected chi connectivity index (χ1v) is 6.86. The molecule has 1 heterocycles. The van der Waals surface area contributed by atoms with Crippen LogP contribution in [0, 0.1) is 5.92 Å². The van der Waals surface area contributed by atoms with Crippen LogP contribution in [0.2, 0.25) is 0 Å². The lowest BCUT2D eigenvalue weighted by atomic mass is 9.83. The first kappa shape index (κ1) is 11.1. The Hall–Kier alpha value is -0.960. The highest BCUT2D eigenvalue weighted by atomic mass is 14.9. The number of nitrogens with one attached hydrogen (secondary N) is 1. The summed E-state index contributed by atoms with van der Waals surface area (Å²) in [7, 11) is 2.03. The van der Waals surface area contributed by atoms with E-state index in [0.717, 1.165) is 31.1 Å². The lowest BCUT2D eigenvalue weighted by molar-refractivity contribution is 0.393. The maximum Gasteiger partial charge on any atom is 0.131 e. The van der Waals surface area contributed by atoms with Crippen molar-refractivity contribution in [3.63, 3.8) is 0 Å². The van der Waals surface area contributed by atoms with Gasteiger partial charge in [-0.15, -0.1) is 0 Å². The number of fused-ring (bicyclic) bond motifs is 1. The monoisotopic (exact) mass is 231 g/mol. The summed E-state index contributed by atoms with van der Waals surface area (Å²) in [6.45, 7) is 1.11. The number of aromatic nitrogens is 2. The fourth-order valence-corrected chi connectivity index (χ4v) is 2.92. The molecule has 0 spiro atoms. The van der Waals surface area contributed by atoms with Crippen molar-refractivity contribution in [1.29, 1.82) is 0 Å². The van der Waals surface area contributed by atoms with Crippen molar-refractivity contribution in [2.75, 3.05) is 13.6 Å². The second-order valence-electron chi connectivity index (χ2n) is 5.49. The molecule has 3 nitrogen and oxygen atoms in total. The van der Waals surface area contributed by atoms with Gasteiger partial charge in [0.05, 0.1) is 0 Å². The largest absolute Gasteiger partial charge is 0.319 e. The minimum Gasteiger partial charge on any atom is -0.319 e. The molecule has 1 atom stereocenters. The van der Waals surface area contributed by atoms with Crippen molar-refractivity contribution in [2.24, 2.45) is 5.92 Å². The first-order valence-electron chi connectivity index (χ1n) is 6.86. The number of nitrogens with zero attached hydrogens (tertiary/aromatic N) is 2. The predicted molar refractivity (Wildman–Crippen MR) is 68.1 cm³/mol. The van der Waals surface area contributed by atoms with Crippen LogP contribution in [0.4, 0.5) is 0 Å². The summed E-state index contributed by atoms with van der Waals surface area (Å²) in [5, 5.41) is 3.28. The Bertz CT molecular complexity index is 398. The van der Waals surface area contributed by atoms with Crippen LogP contribution in [-0.2, 0) is 12.8 Å². The molecule has 0 aromatic carbocycles. The van der Waals surface area contributed by atoms with E-state index in [-0.39, 0.29) is 0 Å². The van der Waals surface area contributed by atoms with Gasteiger partial charge in [-0.2, -0.15) is 0 Å². The second-order valence-corrected chi connectivity index (χ2v) is 5.49. The Morgan fingerprint density at radius 3 is 2.94 bits per heavy atom. The van der Waals surface area contributed by atoms with E-state index in [1.165, 1.54) is 36.9 Å². The van der Waals surface area contributed by atoms with Crippen molar-refractivity contribution >= 4 is 0 Å². The molecule has 3 heteroatoms. The topological polar surface area (TPSA) is 37.8 Å². The summed E-state index contributed by atoms with van der Waals surface area (Å²) in [4.78, 5) is 9.38. The summed E-state index contributed by atoms with van der Waals surface area (Å²) in [6, 6.07) is 0. The van der Waals surface area contributed by atoms with Crippen LogP contribution in [0.25, 0.3) is 0 Å². The second kappa shape index (κ2) is 4.73. The maximum atomic E-state index is 4.80. The average molecular weight is 231 g/mol. The van der Waals surface area contributed by atoms with Crippen LogP contribution < -0.4 is 5.32 Å². The Morgan fingerprint density at radius 1 is 1.35 bits per heavy atom. The molecule has 2 aliphatic rings. The maximum absolute atomic E-state index is 4.80. The minimum absolute atomic E-state index is 0.662. The van der Waals surface area contributed by atoms with E-state index in [4.69, 9.17) is 4.98 Å². The number of aryl methyl sites for hydroxylation is 1. The van der Waals surface area contributed by atoms with E-state index >= 15 is 0 Å². The fourth-order valence-electron chi connectivity index (χ4n) is 2.92. The van der Waals surface area contributed by atoms with Gasteiger partial charge in [0.1, 0.15) is 5.82 Å². The molecule has 17 heavy (non-hydrogen) atoms. The highest BCUT2D eigenvalue weighted by molar-refractivity contribution is 5.22. The molecular formula is C14H21N3. The van der Waals surface area contributed by atoms with Crippen molar-refractivity contribution in [2.45, 2.75) is 44.4 Å². The Balaban J connectivity index is 1.76. The van der Waals surface area contributed by atoms with E-state index in [1.807, 2.05) is 7.05 Å². The molecule has 3 rings (SSSR count). The van der Waals surface area contributed by atoms with Crippen LogP contribution in [-0.4, -0.2) is 23.6 Å². The Labute approximate surface area is 103 Å². The van der Waals surface area contributed by atoms with Gasteiger partial charge in [-0.25, -0.2) is 9.97 Å². The van der Waals surface area contributed by atoms with Crippen LogP contribution in [0.15, 0.2) is 6.20 Å². The zero-order valence-corrected chi connectivity index (χ0v) is 10.6. The lowest BCUT2D eigenvalue weighted by Gasteiger charge is -2.27. The third-order valence-corrected chi connectivity index (χ3v) is 4.23. The highest BCUT2D eigenvalue weighted by Gasteiger charge is 2.25. The van der Waals surface area contributed by atoms with Gasteiger partial charge < -0.3 is 5.32 Å². The molecule has 2 aliphatic carbocycles. The Morgan fingerprint density at radius 2 is 2.24 bits per heavy atom. The molecule has 0 aliphatic heterocycles. The summed E-state index contributed by atoms with van der Waals surface area (Å²) in [5.74, 6) is 2.54. The summed E-state index contributed by atoms with van der Waals surface area (Å²) in [6.07, 6.45) is 9.61. The normalized spacial score (nSPS) is 24.2. The number of hydrogen-bond acceptors (Lipinski definition) is 3. The molecule has 0 amide bonds. The third kappa shape index (κ3) is 2.21. The molecule has 1 unspecified atom stereocenters. The van der Waals surface area contributed by atoms with E-state index in [9.17, 15) is 0 Å². The van der Waals surface area contributed by atoms with E-state index in [2.05, 4.69) is 16.5 Å². The zero-order chi connectivity index (χ0) is 11.7. The molecule has 1 fully saturated rings. The smallest absolute Gasteiger partial charge is 0.131 e. The van der Waals surface area contributed by atoms with Crippen LogP contribution in [0.1, 0.15) is 48.7 Å². The standard InChI is InChI=1S/C14H21N3/c1-15-8-10-5-6-13-12(7-10)9-16-14(17-13)11-3-2-4-11/h9-11,15H,2-8H2,1H3. The van der Waals surface area contributed by atoms with Gasteiger partial charge in [-0.3, -0.25) is 0 Å². The molecule has 0 saturated heterocycles. The predicted octanol–water partition coefficient (Wildman–Crippen LogP) is 2.07. The zero-order valence-electron chi connectivity index (χ0n) is 10.6. The van der Waals surface area contributed by atoms with Crippen LogP contribution in [0.3, 0.4) is 0 Å². The van der Waals surface area contributed by atoms with E-state index < -0.39 is 0 Å². The SMILES string of the molecule is CNCC1CCc2nc(C3CCC3)ncc2C1. The Kier molecular flexibility index (Phi) is 3.10. The van der Waals surface area contributed by atoms with Gasteiger partial charge in [0.2, 0.25) is 0 Å². The molecule has 1 saturated carbocycles. The summed E-state index contributed by atoms with van der Waals surface area (Å²) < 4.78 is 0. The fraction of sp³-hybridized carbons (Fsp3) is 0.714. The van der Waals surface area contributed by atoms with E-state index in [0.29, 0.717) is 5.92 Å². The van der Waals surface area contributed by atoms with Gasteiger partial charge in [0.15, 0.2) is 0 Å². The number of rotatable bonds is 3. The molecule has 0 bridgehead atoms. The average Bonchev–Trinajstić information content (AvgIpc) is 2.27. The molecule has 1 N–H and O–H groups in total. The van der Waals surface area contributed by atoms with Gasteiger partial charge in [0.25, 0.3) is 0 Å². The number of hydrogen-bond donors (Lipinski definition) is 1. The first-order chi connectivity index (χ1) is 8.36. The summed E-state index contributed by atoms with van der Waals surface area (Å²) in [5.41, 5.74) is 2.72. The highest BCUT2D eigenvalue weighted by Crippen LogP contribution is 2.35. The molecule has 92 valence electrons. The van der Waals surface area contributed by atoms with Crippen LogP contribution >= 0.6 is 0 Å². The van der Waals surface area contributed by atoms with E-state index in [1.54, 1.807) is 0 Å². The van der Waals surface area contributed by atoms with Crippen molar-refractivity contribution in [3.8, 4) is 0 Å². The quantitative estimate of drug-likeness (QED) is 0.865. The minimum atomic E-state index is 0.662. The lowest BCUT2D eigenvalue weighted by Crippen LogP contribution is -2.26. The van der Waals surface area contributed by atoms with Crippen molar-refractivity contribution < 1.29 is 0 Å². The van der Waals surface area contributed by atoms with Crippen molar-refractivity contribution in [3.05, 3.63) is 23.3 Å². The summed E-state index contributed by atoms with van der Waals surface area (Å²) >= 11 is 0. The third-order valence-electron chi connectivity index (χ3n) is 4.23. The van der Waals surface area contributed by atoms with Gasteiger partial charge in [-0.05, 0) is 57.2 Å². The van der Waals surface area contributed by atoms with Gasteiger partial charge in [0, 0.05) is 17.8 Å². The van der Waals surface area contributed by atoms with Gasteiger partial charge in [-0.1, -0.05) is 6.42 Å². The van der Waals surface area contributed by atoms with Crippen molar-refractivity contribution in [1.82, 2.24) is 15.3 Å². The van der Waals surface area contributed by atoms with Crippen LogP contribution in [0.5, 0.6) is 0 Å². The molecule has 0 radical (unpaired) electrons. The van der Waals surface area contributed by atoms with Gasteiger partial charge >= 0.3 is 0 Å². The molecular weight excluding hydrogens is 210 g/mol.